The van der Waals surface area contributed by atoms with Gasteiger partial charge in [0.1, 0.15) is 5.76 Å². The highest BCUT2D eigenvalue weighted by Gasteiger charge is 2.16. The Morgan fingerprint density at radius 2 is 2.00 bits per heavy atom. The Kier molecular flexibility index (Phi) is 4.98. The maximum absolute atomic E-state index is 12.2. The van der Waals surface area contributed by atoms with E-state index in [-0.39, 0.29) is 17.3 Å². The zero-order valence-corrected chi connectivity index (χ0v) is 14.9. The van der Waals surface area contributed by atoms with E-state index in [0.717, 1.165) is 5.69 Å². The zero-order valence-electron chi connectivity index (χ0n) is 13.2. The quantitative estimate of drug-likeness (QED) is 0.688. The second kappa shape index (κ2) is 7.18. The van der Waals surface area contributed by atoms with Gasteiger partial charge in [0.2, 0.25) is 10.0 Å². The number of anilines is 1. The fraction of sp³-hybridized carbons (Fsp3) is 0.125. The van der Waals surface area contributed by atoms with Gasteiger partial charge in [-0.2, -0.15) is 0 Å². The lowest BCUT2D eigenvalue weighted by molar-refractivity contribution is 0.102. The molecular weight excluding hydrogens is 362 g/mol. The number of aryl methyl sites for hydroxylation is 1. The van der Waals surface area contributed by atoms with E-state index >= 15 is 0 Å². The monoisotopic (exact) mass is 377 g/mol. The predicted octanol–water partition coefficient (Wildman–Crippen LogP) is 2.78. The Morgan fingerprint density at radius 1 is 1.24 bits per heavy atom. The lowest BCUT2D eigenvalue weighted by Crippen LogP contribution is -2.23. The van der Waals surface area contributed by atoms with Gasteiger partial charge in [0.25, 0.3) is 5.91 Å². The average Bonchev–Trinajstić information content (AvgIpc) is 3.25. The third kappa shape index (κ3) is 4.32. The maximum Gasteiger partial charge on any atom is 0.257 e. The summed E-state index contributed by atoms with van der Waals surface area (Å²) in [5.41, 5.74) is 1.17. The minimum atomic E-state index is -3.69. The first kappa shape index (κ1) is 17.3. The van der Waals surface area contributed by atoms with E-state index in [1.54, 1.807) is 12.1 Å². The number of carbonyl (C=O) groups is 1. The van der Waals surface area contributed by atoms with E-state index < -0.39 is 10.0 Å². The highest BCUT2D eigenvalue weighted by Crippen LogP contribution is 2.17. The number of nitrogens with zero attached hydrogens (tertiary/aromatic N) is 1. The van der Waals surface area contributed by atoms with Gasteiger partial charge in [0, 0.05) is 10.9 Å². The van der Waals surface area contributed by atoms with Crippen molar-refractivity contribution in [3.63, 3.8) is 0 Å². The van der Waals surface area contributed by atoms with Crippen LogP contribution in [0.15, 0.2) is 57.4 Å². The Balaban J connectivity index is 1.67. The number of benzene rings is 1. The smallest absolute Gasteiger partial charge is 0.257 e. The molecule has 0 aliphatic heterocycles. The molecule has 0 bridgehead atoms. The van der Waals surface area contributed by atoms with Crippen LogP contribution in [0.5, 0.6) is 0 Å². The molecule has 9 heteroatoms. The second-order valence-electron chi connectivity index (χ2n) is 5.18. The van der Waals surface area contributed by atoms with E-state index in [4.69, 9.17) is 4.42 Å². The fourth-order valence-electron chi connectivity index (χ4n) is 2.03. The Labute approximate surface area is 148 Å². The lowest BCUT2D eigenvalue weighted by atomic mass is 10.2. The van der Waals surface area contributed by atoms with Crippen LogP contribution in [-0.2, 0) is 16.6 Å². The van der Waals surface area contributed by atoms with Crippen LogP contribution in [-0.4, -0.2) is 19.3 Å². The van der Waals surface area contributed by atoms with Gasteiger partial charge in [-0.15, -0.1) is 11.3 Å². The molecule has 0 spiro atoms. The van der Waals surface area contributed by atoms with Crippen molar-refractivity contribution in [3.8, 4) is 0 Å². The first-order valence-corrected chi connectivity index (χ1v) is 9.66. The van der Waals surface area contributed by atoms with Crippen molar-refractivity contribution in [2.75, 3.05) is 5.32 Å². The summed E-state index contributed by atoms with van der Waals surface area (Å²) < 4.78 is 32.0. The Bertz CT molecular complexity index is 961. The van der Waals surface area contributed by atoms with Crippen molar-refractivity contribution in [2.45, 2.75) is 18.4 Å². The number of thiazole rings is 1. The van der Waals surface area contributed by atoms with Crippen LogP contribution in [0, 0.1) is 6.92 Å². The van der Waals surface area contributed by atoms with Gasteiger partial charge in [-0.3, -0.25) is 10.1 Å². The van der Waals surface area contributed by atoms with E-state index in [1.165, 1.54) is 41.9 Å². The summed E-state index contributed by atoms with van der Waals surface area (Å²) in [7, 11) is -3.69. The summed E-state index contributed by atoms with van der Waals surface area (Å²) >= 11 is 1.33. The summed E-state index contributed by atoms with van der Waals surface area (Å²) in [6, 6.07) is 9.03. The highest BCUT2D eigenvalue weighted by atomic mass is 32.2. The number of rotatable bonds is 6. The Hall–Kier alpha value is -2.49. The largest absolute Gasteiger partial charge is 0.468 e. The van der Waals surface area contributed by atoms with Crippen molar-refractivity contribution in [3.05, 3.63) is 65.1 Å². The molecule has 3 aromatic rings. The molecule has 1 aromatic carbocycles. The van der Waals surface area contributed by atoms with Gasteiger partial charge in [-0.25, -0.2) is 18.1 Å². The van der Waals surface area contributed by atoms with Gasteiger partial charge < -0.3 is 4.42 Å². The number of aromatic nitrogens is 1. The van der Waals surface area contributed by atoms with Gasteiger partial charge >= 0.3 is 0 Å². The molecule has 2 aromatic heterocycles. The number of amides is 1. The SMILES string of the molecule is Cc1csc(NC(=O)c2ccc(S(=O)(=O)NCc3ccco3)cc2)n1. The molecule has 0 atom stereocenters. The van der Waals surface area contributed by atoms with E-state index in [1.807, 2.05) is 12.3 Å². The molecule has 0 radical (unpaired) electrons. The summed E-state index contributed by atoms with van der Waals surface area (Å²) in [5, 5.41) is 5.00. The molecule has 130 valence electrons. The van der Waals surface area contributed by atoms with Crippen LogP contribution >= 0.6 is 11.3 Å². The normalized spacial score (nSPS) is 11.4. The van der Waals surface area contributed by atoms with E-state index in [0.29, 0.717) is 16.5 Å². The van der Waals surface area contributed by atoms with Crippen molar-refractivity contribution in [1.29, 1.82) is 0 Å². The van der Waals surface area contributed by atoms with Crippen LogP contribution < -0.4 is 10.0 Å². The topological polar surface area (TPSA) is 101 Å². The lowest BCUT2D eigenvalue weighted by Gasteiger charge is -2.07. The van der Waals surface area contributed by atoms with Gasteiger partial charge in [0.05, 0.1) is 23.4 Å². The maximum atomic E-state index is 12.2. The molecule has 7 nitrogen and oxygen atoms in total. The standard InChI is InChI=1S/C16H15N3O4S2/c1-11-10-24-16(18-11)19-15(20)12-4-6-14(7-5-12)25(21,22)17-9-13-3-2-8-23-13/h2-8,10,17H,9H2,1H3,(H,18,19,20). The van der Waals surface area contributed by atoms with Gasteiger partial charge in [-0.1, -0.05) is 0 Å². The van der Waals surface area contributed by atoms with Crippen LogP contribution in [0.25, 0.3) is 0 Å². The third-order valence-corrected chi connectivity index (χ3v) is 5.58. The molecule has 25 heavy (non-hydrogen) atoms. The van der Waals surface area contributed by atoms with Crippen molar-refractivity contribution in [2.24, 2.45) is 0 Å². The van der Waals surface area contributed by atoms with E-state index in [9.17, 15) is 13.2 Å². The van der Waals surface area contributed by atoms with Gasteiger partial charge in [0.15, 0.2) is 5.13 Å². The number of nitrogens with one attached hydrogen (secondary N) is 2. The number of hydrogen-bond acceptors (Lipinski definition) is 6. The molecule has 0 aliphatic carbocycles. The van der Waals surface area contributed by atoms with Crippen LogP contribution in [0.1, 0.15) is 21.8 Å². The zero-order chi connectivity index (χ0) is 17.9. The summed E-state index contributed by atoms with van der Waals surface area (Å²) in [4.78, 5) is 16.4. The Morgan fingerprint density at radius 3 is 2.60 bits per heavy atom. The third-order valence-electron chi connectivity index (χ3n) is 3.28. The molecule has 2 heterocycles. The number of sulfonamides is 1. The molecule has 0 unspecified atom stereocenters. The van der Waals surface area contributed by atoms with Crippen molar-refractivity contribution < 1.29 is 17.6 Å². The van der Waals surface area contributed by atoms with Crippen LogP contribution in [0.3, 0.4) is 0 Å². The molecule has 3 rings (SSSR count). The molecule has 0 saturated heterocycles. The minimum Gasteiger partial charge on any atom is -0.468 e. The first-order chi connectivity index (χ1) is 11.9. The molecule has 0 aliphatic rings. The summed E-state index contributed by atoms with van der Waals surface area (Å²) in [6.45, 7) is 1.89. The predicted molar refractivity (Wildman–Crippen MR) is 94.0 cm³/mol. The first-order valence-electron chi connectivity index (χ1n) is 7.30. The number of hydrogen-bond donors (Lipinski definition) is 2. The molecule has 0 saturated carbocycles. The van der Waals surface area contributed by atoms with Crippen molar-refractivity contribution >= 4 is 32.4 Å². The highest BCUT2D eigenvalue weighted by molar-refractivity contribution is 7.89. The second-order valence-corrected chi connectivity index (χ2v) is 7.80. The molecular formula is C16H15N3O4S2. The molecule has 2 N–H and O–H groups in total. The number of carbonyl (C=O) groups excluding carboxylic acids is 1. The van der Waals surface area contributed by atoms with Gasteiger partial charge in [-0.05, 0) is 43.3 Å². The minimum absolute atomic E-state index is 0.0565. The molecule has 0 fully saturated rings. The van der Waals surface area contributed by atoms with E-state index in [2.05, 4.69) is 15.0 Å². The summed E-state index contributed by atoms with van der Waals surface area (Å²) in [5.74, 6) is 0.167. The van der Waals surface area contributed by atoms with Crippen LogP contribution in [0.4, 0.5) is 5.13 Å². The number of furan rings is 1. The molecule has 1 amide bonds. The summed E-state index contributed by atoms with van der Waals surface area (Å²) in [6.07, 6.45) is 1.47. The van der Waals surface area contributed by atoms with Crippen molar-refractivity contribution in [1.82, 2.24) is 9.71 Å². The van der Waals surface area contributed by atoms with Crippen LogP contribution in [0.2, 0.25) is 0 Å². The average molecular weight is 377 g/mol. The fourth-order valence-corrected chi connectivity index (χ4v) is 3.71.